The predicted molar refractivity (Wildman–Crippen MR) is 113 cm³/mol. The zero-order valence-electron chi connectivity index (χ0n) is 17.7. The molecule has 0 radical (unpaired) electrons. The summed E-state index contributed by atoms with van der Waals surface area (Å²) in [7, 11) is 0. The summed E-state index contributed by atoms with van der Waals surface area (Å²) >= 11 is 0. The van der Waals surface area contributed by atoms with Gasteiger partial charge in [0.2, 0.25) is 0 Å². The van der Waals surface area contributed by atoms with Crippen LogP contribution >= 0.6 is 0 Å². The molecule has 0 bridgehead atoms. The Hall–Kier alpha value is -1.18. The van der Waals surface area contributed by atoms with Gasteiger partial charge < -0.3 is 0 Å². The van der Waals surface area contributed by atoms with E-state index in [4.69, 9.17) is 0 Å². The highest BCUT2D eigenvalue weighted by atomic mass is 19.1. The number of allylic oxidation sites excluding steroid dienone is 2. The van der Waals surface area contributed by atoms with Crippen molar-refractivity contribution >= 4 is 0 Å². The first-order valence-corrected chi connectivity index (χ1v) is 11.7. The monoisotopic (exact) mass is 386 g/mol. The third kappa shape index (κ3) is 3.94. The molecule has 0 aromatic heterocycles. The first-order chi connectivity index (χ1) is 13.6. The van der Waals surface area contributed by atoms with Gasteiger partial charge in [-0.1, -0.05) is 31.9 Å². The molecule has 5 unspecified atom stereocenters. The maximum atomic E-state index is 15.4. The fourth-order valence-electron chi connectivity index (χ4n) is 6.60. The quantitative estimate of drug-likeness (QED) is 0.464. The lowest BCUT2D eigenvalue weighted by Crippen LogP contribution is -2.31. The zero-order chi connectivity index (χ0) is 19.7. The number of hydrogen-bond acceptors (Lipinski definition) is 0. The Bertz CT molecular complexity index is 720. The Labute approximate surface area is 169 Å². The molecule has 4 rings (SSSR count). The Morgan fingerprint density at radius 1 is 1.04 bits per heavy atom. The highest BCUT2D eigenvalue weighted by molar-refractivity contribution is 5.39. The van der Waals surface area contributed by atoms with E-state index in [0.29, 0.717) is 17.4 Å². The van der Waals surface area contributed by atoms with Crippen LogP contribution in [0.15, 0.2) is 18.2 Å². The van der Waals surface area contributed by atoms with Crippen molar-refractivity contribution in [1.82, 2.24) is 0 Å². The lowest BCUT2D eigenvalue weighted by molar-refractivity contribution is 0.131. The molecule has 0 heterocycles. The first kappa shape index (κ1) is 20.1. The number of rotatable bonds is 4. The van der Waals surface area contributed by atoms with Gasteiger partial charge in [0, 0.05) is 5.56 Å². The number of halogens is 2. The van der Waals surface area contributed by atoms with E-state index in [9.17, 15) is 0 Å². The lowest BCUT2D eigenvalue weighted by atomic mass is 9.63. The molecule has 0 aliphatic heterocycles. The Morgan fingerprint density at radius 2 is 1.82 bits per heavy atom. The Balaban J connectivity index is 1.51. The van der Waals surface area contributed by atoms with Gasteiger partial charge in [-0.15, -0.1) is 0 Å². The summed E-state index contributed by atoms with van der Waals surface area (Å²) in [5, 5.41) is 0. The molecule has 2 fully saturated rings. The van der Waals surface area contributed by atoms with Gasteiger partial charge in [0.15, 0.2) is 0 Å². The van der Waals surface area contributed by atoms with Crippen LogP contribution in [0.4, 0.5) is 8.78 Å². The van der Waals surface area contributed by atoms with Crippen LogP contribution in [0, 0.1) is 35.3 Å². The van der Waals surface area contributed by atoms with Crippen LogP contribution in [0.2, 0.25) is 0 Å². The van der Waals surface area contributed by atoms with Crippen molar-refractivity contribution in [1.29, 1.82) is 0 Å². The third-order valence-corrected chi connectivity index (χ3v) is 7.98. The van der Waals surface area contributed by atoms with Crippen molar-refractivity contribution in [2.45, 2.75) is 90.4 Å². The SMILES string of the molecule is C/C=C/C1CCC2CC(c3c(F)cc4c(c3F)CCC(CCC)C4)CCC2C1. The smallest absolute Gasteiger partial charge is 0.133 e. The van der Waals surface area contributed by atoms with Crippen LogP contribution in [0.3, 0.4) is 0 Å². The minimum atomic E-state index is -0.264. The summed E-state index contributed by atoms with van der Waals surface area (Å²) in [4.78, 5) is 0. The predicted octanol–water partition coefficient (Wildman–Crippen LogP) is 7.75. The molecular formula is C26H36F2. The zero-order valence-corrected chi connectivity index (χ0v) is 17.7. The van der Waals surface area contributed by atoms with Crippen LogP contribution in [0.5, 0.6) is 0 Å². The maximum Gasteiger partial charge on any atom is 0.133 e. The van der Waals surface area contributed by atoms with Crippen molar-refractivity contribution in [3.05, 3.63) is 46.5 Å². The van der Waals surface area contributed by atoms with E-state index < -0.39 is 0 Å². The minimum absolute atomic E-state index is 0.0817. The largest absolute Gasteiger partial charge is 0.207 e. The molecule has 154 valence electrons. The Kier molecular flexibility index (Phi) is 6.23. The molecule has 28 heavy (non-hydrogen) atoms. The topological polar surface area (TPSA) is 0 Å². The molecule has 0 saturated heterocycles. The van der Waals surface area contributed by atoms with Gasteiger partial charge in [0.25, 0.3) is 0 Å². The van der Waals surface area contributed by atoms with Gasteiger partial charge in [-0.25, -0.2) is 8.78 Å². The van der Waals surface area contributed by atoms with E-state index in [1.165, 1.54) is 25.7 Å². The van der Waals surface area contributed by atoms with Gasteiger partial charge in [0.1, 0.15) is 11.6 Å². The van der Waals surface area contributed by atoms with Crippen LogP contribution in [-0.4, -0.2) is 0 Å². The standard InChI is InChI=1S/C26H36F2/c1-3-5-17-7-9-20-15-21(11-10-19(20)13-17)25-24(27)16-22-14-18(6-4-2)8-12-23(22)26(25)28/h3,5,16-21H,4,6-15H2,1-2H3/b5-3+. The van der Waals surface area contributed by atoms with E-state index in [-0.39, 0.29) is 17.6 Å². The molecule has 5 atom stereocenters. The summed E-state index contributed by atoms with van der Waals surface area (Å²) in [5.41, 5.74) is 2.22. The molecule has 1 aromatic carbocycles. The summed E-state index contributed by atoms with van der Waals surface area (Å²) in [5.74, 6) is 2.36. The Morgan fingerprint density at radius 3 is 2.61 bits per heavy atom. The van der Waals surface area contributed by atoms with Gasteiger partial charge in [-0.05, 0) is 111 Å². The molecule has 1 aromatic rings. The molecule has 0 nitrogen and oxygen atoms in total. The van der Waals surface area contributed by atoms with Crippen LogP contribution in [-0.2, 0) is 12.8 Å². The second kappa shape index (κ2) is 8.67. The average molecular weight is 387 g/mol. The summed E-state index contributed by atoms with van der Waals surface area (Å²) in [6.45, 7) is 4.30. The van der Waals surface area contributed by atoms with Gasteiger partial charge in [-0.2, -0.15) is 0 Å². The van der Waals surface area contributed by atoms with Gasteiger partial charge >= 0.3 is 0 Å². The number of benzene rings is 1. The van der Waals surface area contributed by atoms with Gasteiger partial charge in [0.05, 0.1) is 0 Å². The molecule has 3 aliphatic rings. The third-order valence-electron chi connectivity index (χ3n) is 7.98. The summed E-state index contributed by atoms with van der Waals surface area (Å²) < 4.78 is 30.5. The molecule has 0 amide bonds. The van der Waals surface area contributed by atoms with Crippen molar-refractivity contribution in [2.75, 3.05) is 0 Å². The fourth-order valence-corrected chi connectivity index (χ4v) is 6.60. The molecule has 0 N–H and O–H groups in total. The molecule has 2 heteroatoms. The van der Waals surface area contributed by atoms with Crippen LogP contribution < -0.4 is 0 Å². The van der Waals surface area contributed by atoms with Crippen molar-refractivity contribution in [3.8, 4) is 0 Å². The second-order valence-corrected chi connectivity index (χ2v) is 9.75. The van der Waals surface area contributed by atoms with Crippen LogP contribution in [0.25, 0.3) is 0 Å². The molecular weight excluding hydrogens is 350 g/mol. The van der Waals surface area contributed by atoms with Crippen molar-refractivity contribution < 1.29 is 8.78 Å². The molecule has 3 aliphatic carbocycles. The maximum absolute atomic E-state index is 15.4. The normalized spacial score (nSPS) is 32.9. The molecule has 2 saturated carbocycles. The van der Waals surface area contributed by atoms with E-state index in [2.05, 4.69) is 26.0 Å². The van der Waals surface area contributed by atoms with E-state index in [0.717, 1.165) is 67.9 Å². The minimum Gasteiger partial charge on any atom is -0.207 e. The van der Waals surface area contributed by atoms with Gasteiger partial charge in [-0.3, -0.25) is 0 Å². The van der Waals surface area contributed by atoms with E-state index in [1.807, 2.05) is 0 Å². The lowest BCUT2D eigenvalue weighted by Gasteiger charge is -2.42. The van der Waals surface area contributed by atoms with Crippen molar-refractivity contribution in [2.24, 2.45) is 23.7 Å². The van der Waals surface area contributed by atoms with E-state index >= 15 is 8.78 Å². The molecule has 0 spiro atoms. The summed E-state index contributed by atoms with van der Waals surface area (Å²) in [6.07, 6.45) is 16.4. The first-order valence-electron chi connectivity index (χ1n) is 11.7. The highest BCUT2D eigenvalue weighted by Crippen LogP contribution is 2.49. The number of fused-ring (bicyclic) bond motifs is 2. The number of hydrogen-bond donors (Lipinski definition) is 0. The fraction of sp³-hybridized carbons (Fsp3) is 0.692. The average Bonchev–Trinajstić information content (AvgIpc) is 2.68. The van der Waals surface area contributed by atoms with E-state index in [1.54, 1.807) is 6.07 Å². The van der Waals surface area contributed by atoms with Crippen molar-refractivity contribution in [3.63, 3.8) is 0 Å². The highest BCUT2D eigenvalue weighted by Gasteiger charge is 2.38. The summed E-state index contributed by atoms with van der Waals surface area (Å²) in [6, 6.07) is 1.70. The van der Waals surface area contributed by atoms with Crippen LogP contribution in [0.1, 0.15) is 94.2 Å². The second-order valence-electron chi connectivity index (χ2n) is 9.75.